The zero-order chi connectivity index (χ0) is 8.10. The van der Waals surface area contributed by atoms with E-state index >= 15 is 0 Å². The Morgan fingerprint density at radius 3 is 3.00 bits per heavy atom. The lowest BCUT2D eigenvalue weighted by Gasteiger charge is -2.01. The molecule has 1 aromatic heterocycles. The van der Waals surface area contributed by atoms with Gasteiger partial charge in [0.15, 0.2) is 5.96 Å². The Morgan fingerprint density at radius 2 is 2.45 bits per heavy atom. The number of nitrogens with one attached hydrogen (secondary N) is 1. The number of anilines is 1. The Bertz CT molecular complexity index is 242. The SMILES string of the molecule is CN=C(N)Nc1ccccn1. The molecule has 0 aliphatic carbocycles. The van der Waals surface area contributed by atoms with Gasteiger partial charge >= 0.3 is 0 Å². The van der Waals surface area contributed by atoms with Crippen molar-refractivity contribution in [2.75, 3.05) is 12.4 Å². The fourth-order valence-corrected chi connectivity index (χ4v) is 0.624. The highest BCUT2D eigenvalue weighted by molar-refractivity contribution is 5.91. The fraction of sp³-hybridized carbons (Fsp3) is 0.143. The van der Waals surface area contributed by atoms with E-state index < -0.39 is 0 Å². The number of aromatic nitrogens is 1. The van der Waals surface area contributed by atoms with Crippen LogP contribution in [-0.4, -0.2) is 18.0 Å². The van der Waals surface area contributed by atoms with Crippen LogP contribution in [0.25, 0.3) is 0 Å². The predicted molar refractivity (Wildman–Crippen MR) is 45.4 cm³/mol. The zero-order valence-electron chi connectivity index (χ0n) is 6.28. The van der Waals surface area contributed by atoms with Crippen molar-refractivity contribution in [2.45, 2.75) is 0 Å². The molecule has 0 bridgehead atoms. The maximum Gasteiger partial charge on any atom is 0.194 e. The summed E-state index contributed by atoms with van der Waals surface area (Å²) in [5.74, 6) is 1.07. The van der Waals surface area contributed by atoms with E-state index in [1.54, 1.807) is 13.2 Å². The molecule has 1 aromatic rings. The van der Waals surface area contributed by atoms with Crippen molar-refractivity contribution in [3.8, 4) is 0 Å². The van der Waals surface area contributed by atoms with Gasteiger partial charge in [-0.2, -0.15) is 0 Å². The van der Waals surface area contributed by atoms with Crippen molar-refractivity contribution in [2.24, 2.45) is 10.7 Å². The first kappa shape index (κ1) is 7.53. The van der Waals surface area contributed by atoms with E-state index in [1.165, 1.54) is 0 Å². The van der Waals surface area contributed by atoms with Crippen LogP contribution in [0.4, 0.5) is 5.82 Å². The predicted octanol–water partition coefficient (Wildman–Crippen LogP) is 0.438. The molecule has 0 saturated carbocycles. The first-order valence-corrected chi connectivity index (χ1v) is 3.23. The van der Waals surface area contributed by atoms with Crippen LogP contribution in [0.2, 0.25) is 0 Å². The van der Waals surface area contributed by atoms with E-state index in [2.05, 4.69) is 15.3 Å². The second-order valence-electron chi connectivity index (χ2n) is 1.95. The molecule has 4 heteroatoms. The molecule has 0 unspecified atom stereocenters. The number of nitrogens with zero attached hydrogens (tertiary/aromatic N) is 2. The molecule has 0 radical (unpaired) electrons. The molecule has 0 aromatic carbocycles. The summed E-state index contributed by atoms with van der Waals surface area (Å²) in [5.41, 5.74) is 5.40. The maximum absolute atomic E-state index is 5.40. The van der Waals surface area contributed by atoms with Crippen LogP contribution in [-0.2, 0) is 0 Å². The third kappa shape index (κ3) is 2.25. The van der Waals surface area contributed by atoms with Crippen LogP contribution in [0, 0.1) is 0 Å². The molecule has 0 fully saturated rings. The molecule has 0 saturated heterocycles. The third-order valence-electron chi connectivity index (χ3n) is 1.16. The Hall–Kier alpha value is -1.58. The highest BCUT2D eigenvalue weighted by Gasteiger charge is 1.90. The van der Waals surface area contributed by atoms with Crippen LogP contribution in [0.5, 0.6) is 0 Å². The number of aliphatic imine (C=N–C) groups is 1. The molecule has 0 aliphatic heterocycles. The van der Waals surface area contributed by atoms with Gasteiger partial charge in [-0.1, -0.05) is 6.07 Å². The summed E-state index contributed by atoms with van der Waals surface area (Å²) in [6, 6.07) is 5.53. The summed E-state index contributed by atoms with van der Waals surface area (Å²) in [5, 5.41) is 2.81. The first-order chi connectivity index (χ1) is 5.33. The summed E-state index contributed by atoms with van der Waals surface area (Å²) in [4.78, 5) is 7.72. The average Bonchev–Trinajstić information content (AvgIpc) is 2.06. The lowest BCUT2D eigenvalue weighted by atomic mass is 10.5. The van der Waals surface area contributed by atoms with Crippen molar-refractivity contribution in [3.63, 3.8) is 0 Å². The lowest BCUT2D eigenvalue weighted by Crippen LogP contribution is -2.22. The Balaban J connectivity index is 2.65. The van der Waals surface area contributed by atoms with E-state index in [4.69, 9.17) is 5.73 Å². The van der Waals surface area contributed by atoms with E-state index in [9.17, 15) is 0 Å². The van der Waals surface area contributed by atoms with Gasteiger partial charge in [0.05, 0.1) is 0 Å². The Morgan fingerprint density at radius 1 is 1.64 bits per heavy atom. The van der Waals surface area contributed by atoms with Crippen LogP contribution >= 0.6 is 0 Å². The first-order valence-electron chi connectivity index (χ1n) is 3.23. The van der Waals surface area contributed by atoms with Crippen LogP contribution in [0.3, 0.4) is 0 Å². The molecular weight excluding hydrogens is 140 g/mol. The number of guanidine groups is 1. The molecule has 1 heterocycles. The maximum atomic E-state index is 5.40. The smallest absolute Gasteiger partial charge is 0.194 e. The van der Waals surface area contributed by atoms with Gasteiger partial charge in [-0.05, 0) is 12.1 Å². The lowest BCUT2D eigenvalue weighted by molar-refractivity contribution is 1.29. The monoisotopic (exact) mass is 150 g/mol. The largest absolute Gasteiger partial charge is 0.370 e. The van der Waals surface area contributed by atoms with Gasteiger partial charge in [-0.25, -0.2) is 4.98 Å². The molecule has 58 valence electrons. The second-order valence-corrected chi connectivity index (χ2v) is 1.95. The van der Waals surface area contributed by atoms with Crippen molar-refractivity contribution < 1.29 is 0 Å². The van der Waals surface area contributed by atoms with Gasteiger partial charge < -0.3 is 11.1 Å². The molecule has 1 rings (SSSR count). The highest BCUT2D eigenvalue weighted by Crippen LogP contribution is 1.97. The number of pyridine rings is 1. The normalized spacial score (nSPS) is 11.2. The van der Waals surface area contributed by atoms with Gasteiger partial charge in [0, 0.05) is 13.2 Å². The van der Waals surface area contributed by atoms with Crippen LogP contribution in [0.15, 0.2) is 29.4 Å². The van der Waals surface area contributed by atoms with Gasteiger partial charge in [-0.15, -0.1) is 0 Å². The fourth-order valence-electron chi connectivity index (χ4n) is 0.624. The minimum absolute atomic E-state index is 0.365. The molecule has 11 heavy (non-hydrogen) atoms. The summed E-state index contributed by atoms with van der Waals surface area (Å²) in [6.07, 6.45) is 1.69. The average molecular weight is 150 g/mol. The van der Waals surface area contributed by atoms with E-state index in [0.29, 0.717) is 11.8 Å². The van der Waals surface area contributed by atoms with Crippen molar-refractivity contribution >= 4 is 11.8 Å². The standard InChI is InChI=1S/C7H10N4/c1-9-7(8)11-6-4-2-3-5-10-6/h2-5H,1H3,(H3,8,9,10,11). The molecule has 0 aliphatic rings. The Kier molecular flexibility index (Phi) is 2.43. The zero-order valence-corrected chi connectivity index (χ0v) is 6.28. The van der Waals surface area contributed by atoms with Crippen LogP contribution < -0.4 is 11.1 Å². The summed E-state index contributed by atoms with van der Waals surface area (Å²) < 4.78 is 0. The summed E-state index contributed by atoms with van der Waals surface area (Å²) >= 11 is 0. The van der Waals surface area contributed by atoms with Crippen molar-refractivity contribution in [1.82, 2.24) is 4.98 Å². The molecule has 0 amide bonds. The van der Waals surface area contributed by atoms with Gasteiger partial charge in [-0.3, -0.25) is 4.99 Å². The number of hydrogen-bond donors (Lipinski definition) is 2. The summed E-state index contributed by atoms with van der Waals surface area (Å²) in [6.45, 7) is 0. The Labute approximate surface area is 65.2 Å². The van der Waals surface area contributed by atoms with Crippen LogP contribution in [0.1, 0.15) is 0 Å². The van der Waals surface area contributed by atoms with Gasteiger partial charge in [0.1, 0.15) is 5.82 Å². The van der Waals surface area contributed by atoms with Crippen molar-refractivity contribution in [3.05, 3.63) is 24.4 Å². The molecule has 0 atom stereocenters. The molecule has 3 N–H and O–H groups in total. The number of hydrogen-bond acceptors (Lipinski definition) is 2. The quantitative estimate of drug-likeness (QED) is 0.451. The van der Waals surface area contributed by atoms with Gasteiger partial charge in [0.2, 0.25) is 0 Å². The van der Waals surface area contributed by atoms with E-state index in [1.807, 2.05) is 18.2 Å². The summed E-state index contributed by atoms with van der Waals surface area (Å²) in [7, 11) is 1.62. The number of rotatable bonds is 1. The number of nitrogens with two attached hydrogens (primary N) is 1. The molecule has 0 spiro atoms. The molecular formula is C7H10N4. The topological polar surface area (TPSA) is 63.3 Å². The van der Waals surface area contributed by atoms with E-state index in [0.717, 1.165) is 0 Å². The minimum atomic E-state index is 0.365. The third-order valence-corrected chi connectivity index (χ3v) is 1.16. The molecule has 4 nitrogen and oxygen atoms in total. The van der Waals surface area contributed by atoms with Gasteiger partial charge in [0.25, 0.3) is 0 Å². The van der Waals surface area contributed by atoms with Crippen molar-refractivity contribution in [1.29, 1.82) is 0 Å². The highest BCUT2D eigenvalue weighted by atomic mass is 15.1. The van der Waals surface area contributed by atoms with E-state index in [-0.39, 0.29) is 0 Å². The minimum Gasteiger partial charge on any atom is -0.370 e. The second kappa shape index (κ2) is 3.55.